The van der Waals surface area contributed by atoms with Crippen LogP contribution in [-0.2, 0) is 0 Å². The zero-order valence-corrected chi connectivity index (χ0v) is 7.74. The smallest absolute Gasteiger partial charge is 0.323 e. The maximum Gasteiger partial charge on any atom is 0.323 e. The van der Waals surface area contributed by atoms with E-state index in [2.05, 4.69) is 9.97 Å². The number of nitrogens with one attached hydrogen (secondary N) is 2. The highest BCUT2D eigenvalue weighted by Gasteiger charge is 2.07. The van der Waals surface area contributed by atoms with Crippen molar-refractivity contribution in [3.05, 3.63) is 40.8 Å². The quantitative estimate of drug-likeness (QED) is 0.517. The number of phenolic OH excluding ortho intramolecular Hbond substituents is 1. The van der Waals surface area contributed by atoms with Crippen LogP contribution in [0, 0.1) is 0 Å². The summed E-state index contributed by atoms with van der Waals surface area (Å²) in [5, 5.41) is 11.5. The lowest BCUT2D eigenvalue weighted by atomic mass is 10.1. The van der Waals surface area contributed by atoms with Crippen molar-refractivity contribution in [1.29, 1.82) is 0 Å². The highest BCUT2D eigenvalue weighted by atomic mass is 16.3. The van der Waals surface area contributed by atoms with Gasteiger partial charge in [0.25, 0.3) is 0 Å². The molecule has 3 rings (SSSR count). The monoisotopic (exact) mass is 200 g/mol. The Hall–Kier alpha value is -2.23. The van der Waals surface area contributed by atoms with Crippen LogP contribution < -0.4 is 5.69 Å². The number of imidazole rings is 1. The number of hydrogen-bond acceptors (Lipinski definition) is 2. The first-order chi connectivity index (χ1) is 7.25. The van der Waals surface area contributed by atoms with Crippen LogP contribution in [0.25, 0.3) is 21.8 Å². The lowest BCUT2D eigenvalue weighted by molar-refractivity contribution is 0.481. The van der Waals surface area contributed by atoms with E-state index in [0.717, 1.165) is 10.8 Å². The summed E-state index contributed by atoms with van der Waals surface area (Å²) in [6.07, 6.45) is 0. The normalized spacial score (nSPS) is 11.2. The lowest BCUT2D eigenvalue weighted by Gasteiger charge is -2.00. The second-order valence-corrected chi connectivity index (χ2v) is 3.45. The second kappa shape index (κ2) is 2.63. The molecular formula is C11H8N2O2. The van der Waals surface area contributed by atoms with E-state index in [1.807, 2.05) is 24.3 Å². The number of aromatic nitrogens is 2. The number of fused-ring (bicyclic) bond motifs is 3. The van der Waals surface area contributed by atoms with Crippen molar-refractivity contribution >= 4 is 21.8 Å². The van der Waals surface area contributed by atoms with E-state index in [9.17, 15) is 9.90 Å². The Kier molecular flexibility index (Phi) is 1.42. The largest absolute Gasteiger partial charge is 0.506 e. The van der Waals surface area contributed by atoms with Crippen molar-refractivity contribution in [3.63, 3.8) is 0 Å². The molecule has 4 nitrogen and oxygen atoms in total. The van der Waals surface area contributed by atoms with Crippen molar-refractivity contribution in [2.45, 2.75) is 0 Å². The minimum Gasteiger partial charge on any atom is -0.506 e. The highest BCUT2D eigenvalue weighted by molar-refractivity contribution is 6.06. The molecule has 0 aliphatic heterocycles. The third-order valence-corrected chi connectivity index (χ3v) is 2.51. The summed E-state index contributed by atoms with van der Waals surface area (Å²) in [5.74, 6) is 0.0852. The van der Waals surface area contributed by atoms with Gasteiger partial charge in [-0.1, -0.05) is 24.3 Å². The zero-order valence-electron chi connectivity index (χ0n) is 7.74. The van der Waals surface area contributed by atoms with Crippen molar-refractivity contribution in [2.75, 3.05) is 0 Å². The molecule has 0 aliphatic rings. The number of rotatable bonds is 0. The molecule has 0 saturated heterocycles. The Morgan fingerprint density at radius 3 is 2.67 bits per heavy atom. The summed E-state index contributed by atoms with van der Waals surface area (Å²) in [6, 6.07) is 9.21. The van der Waals surface area contributed by atoms with Gasteiger partial charge in [0.15, 0.2) is 0 Å². The standard InChI is InChI=1S/C11H8N2O2/c14-8-5-6-3-1-2-4-7(6)9-10(8)13-11(15)12-9/h1-5,14H,(H2,12,13,15). The van der Waals surface area contributed by atoms with Gasteiger partial charge < -0.3 is 15.1 Å². The Balaban J connectivity index is 2.69. The lowest BCUT2D eigenvalue weighted by Crippen LogP contribution is -1.99. The summed E-state index contributed by atoms with van der Waals surface area (Å²) in [4.78, 5) is 16.4. The molecule has 0 unspecified atom stereocenters. The van der Waals surface area contributed by atoms with Gasteiger partial charge in [-0.15, -0.1) is 0 Å². The van der Waals surface area contributed by atoms with Crippen molar-refractivity contribution in [1.82, 2.24) is 9.97 Å². The molecule has 74 valence electrons. The molecule has 4 heteroatoms. The molecule has 0 atom stereocenters. The van der Waals surface area contributed by atoms with Crippen molar-refractivity contribution in [2.24, 2.45) is 0 Å². The third-order valence-electron chi connectivity index (χ3n) is 2.51. The van der Waals surface area contributed by atoms with Gasteiger partial charge in [-0.05, 0) is 11.5 Å². The van der Waals surface area contributed by atoms with Crippen LogP contribution in [0.3, 0.4) is 0 Å². The first-order valence-electron chi connectivity index (χ1n) is 4.58. The van der Waals surface area contributed by atoms with Gasteiger partial charge >= 0.3 is 5.69 Å². The van der Waals surface area contributed by atoms with E-state index in [-0.39, 0.29) is 11.4 Å². The molecule has 0 spiro atoms. The fourth-order valence-corrected chi connectivity index (χ4v) is 1.85. The topological polar surface area (TPSA) is 68.9 Å². The first-order valence-corrected chi connectivity index (χ1v) is 4.58. The van der Waals surface area contributed by atoms with Gasteiger partial charge in [0.05, 0.1) is 5.52 Å². The molecule has 0 radical (unpaired) electrons. The number of benzene rings is 2. The number of phenols is 1. The maximum absolute atomic E-state index is 11.2. The minimum absolute atomic E-state index is 0.0852. The Labute approximate surface area is 84.2 Å². The molecule has 0 saturated carbocycles. The van der Waals surface area contributed by atoms with E-state index >= 15 is 0 Å². The molecule has 2 aromatic carbocycles. The van der Waals surface area contributed by atoms with Crippen LogP contribution in [0.15, 0.2) is 35.1 Å². The van der Waals surface area contributed by atoms with Gasteiger partial charge in [0.2, 0.25) is 0 Å². The summed E-state index contributed by atoms with van der Waals surface area (Å²) >= 11 is 0. The average molecular weight is 200 g/mol. The third kappa shape index (κ3) is 1.05. The van der Waals surface area contributed by atoms with E-state index < -0.39 is 0 Å². The fourth-order valence-electron chi connectivity index (χ4n) is 1.85. The summed E-state index contributed by atoms with van der Waals surface area (Å²) in [6.45, 7) is 0. The summed E-state index contributed by atoms with van der Waals surface area (Å²) in [5.41, 5.74) is 0.797. The molecule has 0 fully saturated rings. The minimum atomic E-state index is -0.309. The molecule has 3 aromatic rings. The van der Waals surface area contributed by atoms with E-state index in [1.54, 1.807) is 6.07 Å². The van der Waals surface area contributed by atoms with Gasteiger partial charge in [-0.3, -0.25) is 0 Å². The van der Waals surface area contributed by atoms with Crippen LogP contribution in [0.2, 0.25) is 0 Å². The van der Waals surface area contributed by atoms with Gasteiger partial charge in [-0.2, -0.15) is 0 Å². The maximum atomic E-state index is 11.2. The predicted octanol–water partition coefficient (Wildman–Crippen LogP) is 1.71. The van der Waals surface area contributed by atoms with Crippen LogP contribution in [0.4, 0.5) is 0 Å². The van der Waals surface area contributed by atoms with Crippen LogP contribution in [0.5, 0.6) is 5.75 Å². The van der Waals surface area contributed by atoms with Crippen molar-refractivity contribution in [3.8, 4) is 5.75 Å². The van der Waals surface area contributed by atoms with E-state index in [1.165, 1.54) is 0 Å². The summed E-state index contributed by atoms with van der Waals surface area (Å²) in [7, 11) is 0. The predicted molar refractivity (Wildman–Crippen MR) is 58.1 cm³/mol. The molecule has 1 heterocycles. The number of hydrogen-bond donors (Lipinski definition) is 3. The van der Waals surface area contributed by atoms with E-state index in [4.69, 9.17) is 0 Å². The van der Waals surface area contributed by atoms with Crippen LogP contribution >= 0.6 is 0 Å². The summed E-state index contributed by atoms with van der Waals surface area (Å²) < 4.78 is 0. The Morgan fingerprint density at radius 1 is 1.07 bits per heavy atom. The van der Waals surface area contributed by atoms with Gasteiger partial charge in [0, 0.05) is 5.39 Å². The molecule has 0 aliphatic carbocycles. The fraction of sp³-hybridized carbons (Fsp3) is 0. The molecule has 0 amide bonds. The SMILES string of the molecule is O=c1[nH]c2c(O)cc3ccccc3c2[nH]1. The second-order valence-electron chi connectivity index (χ2n) is 3.45. The van der Waals surface area contributed by atoms with Gasteiger partial charge in [0.1, 0.15) is 11.3 Å². The molecule has 0 bridgehead atoms. The molecule has 3 N–H and O–H groups in total. The zero-order chi connectivity index (χ0) is 10.4. The molecule has 15 heavy (non-hydrogen) atoms. The van der Waals surface area contributed by atoms with E-state index in [0.29, 0.717) is 11.0 Å². The first kappa shape index (κ1) is 8.11. The van der Waals surface area contributed by atoms with Gasteiger partial charge in [-0.25, -0.2) is 4.79 Å². The number of aromatic hydroxyl groups is 1. The average Bonchev–Trinajstić information content (AvgIpc) is 2.61. The Bertz CT molecular complexity index is 709. The number of H-pyrrole nitrogens is 2. The van der Waals surface area contributed by atoms with Crippen molar-refractivity contribution < 1.29 is 5.11 Å². The Morgan fingerprint density at radius 2 is 1.80 bits per heavy atom. The van der Waals surface area contributed by atoms with Crippen LogP contribution in [-0.4, -0.2) is 15.1 Å². The van der Waals surface area contributed by atoms with Crippen LogP contribution in [0.1, 0.15) is 0 Å². The molecule has 1 aromatic heterocycles. The highest BCUT2D eigenvalue weighted by Crippen LogP contribution is 2.28. The number of aromatic amines is 2. The molecular weight excluding hydrogens is 192 g/mol.